The molecule has 0 spiro atoms. The Labute approximate surface area is 203 Å². The number of nitrogens with one attached hydrogen (secondary N) is 1. The molecule has 5 aromatic rings. The predicted molar refractivity (Wildman–Crippen MR) is 135 cm³/mol. The molecule has 5 rings (SSSR count). The number of fused-ring (bicyclic) bond motifs is 1. The van der Waals surface area contributed by atoms with E-state index in [0.717, 1.165) is 28.5 Å². The van der Waals surface area contributed by atoms with E-state index >= 15 is 0 Å². The van der Waals surface area contributed by atoms with Crippen LogP contribution >= 0.6 is 0 Å². The first-order valence-electron chi connectivity index (χ1n) is 10.9. The minimum absolute atomic E-state index is 0.0162. The van der Waals surface area contributed by atoms with E-state index in [4.69, 9.17) is 9.72 Å². The Morgan fingerprint density at radius 3 is 2.37 bits per heavy atom. The maximum atomic E-state index is 12.3. The number of pyridine rings is 1. The van der Waals surface area contributed by atoms with E-state index < -0.39 is 9.84 Å². The van der Waals surface area contributed by atoms with Crippen LogP contribution in [-0.2, 0) is 16.4 Å². The van der Waals surface area contributed by atoms with E-state index in [1.807, 2.05) is 72.9 Å². The van der Waals surface area contributed by atoms with Crippen LogP contribution in [0.2, 0.25) is 0 Å². The zero-order valence-corrected chi connectivity index (χ0v) is 20.0. The first kappa shape index (κ1) is 22.5. The first-order chi connectivity index (χ1) is 16.9. The van der Waals surface area contributed by atoms with Crippen LogP contribution in [-0.4, -0.2) is 41.4 Å². The van der Waals surface area contributed by atoms with Crippen LogP contribution in [0.3, 0.4) is 0 Å². The molecule has 0 aliphatic heterocycles. The van der Waals surface area contributed by atoms with Crippen molar-refractivity contribution in [2.45, 2.75) is 11.4 Å². The van der Waals surface area contributed by atoms with Crippen molar-refractivity contribution < 1.29 is 13.2 Å². The summed E-state index contributed by atoms with van der Waals surface area (Å²) >= 11 is 0. The van der Waals surface area contributed by atoms with E-state index in [-0.39, 0.29) is 10.8 Å². The molecule has 3 heterocycles. The maximum Gasteiger partial charge on any atom is 0.232 e. The molecule has 2 aromatic carbocycles. The fourth-order valence-electron chi connectivity index (χ4n) is 3.88. The second kappa shape index (κ2) is 9.19. The number of hydrogen-bond acceptors (Lipinski definition) is 7. The van der Waals surface area contributed by atoms with Crippen LogP contribution in [0.5, 0.6) is 5.88 Å². The second-order valence-corrected chi connectivity index (χ2v) is 10.00. The number of sulfone groups is 1. The van der Waals surface area contributed by atoms with Gasteiger partial charge in [0.15, 0.2) is 21.5 Å². The summed E-state index contributed by atoms with van der Waals surface area (Å²) in [5, 5.41) is 8.12. The van der Waals surface area contributed by atoms with Crippen molar-refractivity contribution >= 4 is 21.2 Å². The fraction of sp³-hybridized carbons (Fsp3) is 0.115. The molecular weight excluding hydrogens is 462 g/mol. The Bertz CT molecular complexity index is 1600. The van der Waals surface area contributed by atoms with Gasteiger partial charge in [0.25, 0.3) is 0 Å². The number of benzene rings is 2. The average molecular weight is 486 g/mol. The van der Waals surface area contributed by atoms with Crippen molar-refractivity contribution in [2.24, 2.45) is 0 Å². The standard InChI is InChI=1S/C26H23N5O3S/c1-34-26-22(35(2,32)33)15-20(17-28-26)24-29-25(27-16-18-9-5-3-6-10-18)23-21(13-14-31(23)30-24)19-11-7-4-8-12-19/h3-15,17H,16H2,1-2H3,(H,27,29,30). The van der Waals surface area contributed by atoms with Crippen molar-refractivity contribution in [3.63, 3.8) is 0 Å². The zero-order valence-electron chi connectivity index (χ0n) is 19.2. The number of nitrogens with zero attached hydrogens (tertiary/aromatic N) is 4. The molecule has 0 aliphatic rings. The lowest BCUT2D eigenvalue weighted by Crippen LogP contribution is -2.08. The Hall–Kier alpha value is -4.24. The quantitative estimate of drug-likeness (QED) is 0.363. The van der Waals surface area contributed by atoms with Crippen molar-refractivity contribution in [3.05, 3.63) is 90.8 Å². The number of hydrogen-bond donors (Lipinski definition) is 1. The largest absolute Gasteiger partial charge is 0.480 e. The average Bonchev–Trinajstić information content (AvgIpc) is 3.32. The van der Waals surface area contributed by atoms with E-state index in [2.05, 4.69) is 15.4 Å². The molecule has 0 bridgehead atoms. The van der Waals surface area contributed by atoms with Crippen LogP contribution in [0.1, 0.15) is 5.56 Å². The lowest BCUT2D eigenvalue weighted by Gasteiger charge is -2.13. The summed E-state index contributed by atoms with van der Waals surface area (Å²) in [6, 6.07) is 23.5. The lowest BCUT2D eigenvalue weighted by atomic mass is 10.1. The Kier molecular flexibility index (Phi) is 5.92. The third-order valence-electron chi connectivity index (χ3n) is 5.57. The van der Waals surface area contributed by atoms with Crippen molar-refractivity contribution in [2.75, 3.05) is 18.7 Å². The summed E-state index contributed by atoms with van der Waals surface area (Å²) in [4.78, 5) is 8.97. The molecule has 3 aromatic heterocycles. The van der Waals surface area contributed by atoms with Crippen LogP contribution < -0.4 is 10.1 Å². The van der Waals surface area contributed by atoms with Gasteiger partial charge in [-0.05, 0) is 23.3 Å². The van der Waals surface area contributed by atoms with Crippen molar-refractivity contribution in [3.8, 4) is 28.4 Å². The summed E-state index contributed by atoms with van der Waals surface area (Å²) < 4.78 is 31.5. The molecule has 0 radical (unpaired) electrons. The van der Waals surface area contributed by atoms with Gasteiger partial charge in [-0.3, -0.25) is 0 Å². The summed E-state index contributed by atoms with van der Waals surface area (Å²) in [6.07, 6.45) is 4.49. The van der Waals surface area contributed by atoms with E-state index in [1.165, 1.54) is 19.4 Å². The smallest absolute Gasteiger partial charge is 0.232 e. The van der Waals surface area contributed by atoms with Gasteiger partial charge < -0.3 is 10.1 Å². The zero-order chi connectivity index (χ0) is 24.4. The van der Waals surface area contributed by atoms with Gasteiger partial charge in [0.2, 0.25) is 5.88 Å². The SMILES string of the molecule is COc1ncc(-c2nc(NCc3ccccc3)c3c(-c4ccccc4)ccn3n2)cc1S(C)(=O)=O. The fourth-order valence-corrected chi connectivity index (χ4v) is 4.67. The molecule has 176 valence electrons. The third-order valence-corrected chi connectivity index (χ3v) is 6.66. The van der Waals surface area contributed by atoms with Gasteiger partial charge in [0.05, 0.1) is 7.11 Å². The van der Waals surface area contributed by atoms with Crippen LogP contribution in [0.25, 0.3) is 28.0 Å². The molecule has 9 heteroatoms. The Morgan fingerprint density at radius 2 is 1.69 bits per heavy atom. The van der Waals surface area contributed by atoms with Gasteiger partial charge in [0.1, 0.15) is 10.4 Å². The molecular formula is C26H23N5O3S. The normalized spacial score (nSPS) is 11.5. The molecule has 0 aliphatic carbocycles. The third kappa shape index (κ3) is 4.58. The number of anilines is 1. The number of rotatable bonds is 7. The van der Waals surface area contributed by atoms with Gasteiger partial charge in [-0.25, -0.2) is 22.9 Å². The highest BCUT2D eigenvalue weighted by Gasteiger charge is 2.20. The number of ether oxygens (including phenoxy) is 1. The molecule has 8 nitrogen and oxygen atoms in total. The minimum atomic E-state index is -3.57. The number of aromatic nitrogens is 4. The van der Waals surface area contributed by atoms with Crippen LogP contribution in [0.4, 0.5) is 5.82 Å². The molecule has 35 heavy (non-hydrogen) atoms. The summed E-state index contributed by atoms with van der Waals surface area (Å²) in [6.45, 7) is 0.557. The molecule has 0 saturated carbocycles. The first-order valence-corrected chi connectivity index (χ1v) is 12.8. The monoisotopic (exact) mass is 485 g/mol. The van der Waals surface area contributed by atoms with Gasteiger partial charge >= 0.3 is 0 Å². The van der Waals surface area contributed by atoms with Gasteiger partial charge in [-0.15, -0.1) is 5.10 Å². The highest BCUT2D eigenvalue weighted by atomic mass is 32.2. The highest BCUT2D eigenvalue weighted by Crippen LogP contribution is 2.32. The molecule has 0 atom stereocenters. The van der Waals surface area contributed by atoms with Crippen molar-refractivity contribution in [1.82, 2.24) is 19.6 Å². The second-order valence-electron chi connectivity index (χ2n) is 8.02. The van der Waals surface area contributed by atoms with Crippen molar-refractivity contribution in [1.29, 1.82) is 0 Å². The van der Waals surface area contributed by atoms with Crippen LogP contribution in [0.15, 0.2) is 90.1 Å². The lowest BCUT2D eigenvalue weighted by molar-refractivity contribution is 0.385. The van der Waals surface area contributed by atoms with Gasteiger partial charge in [-0.2, -0.15) is 0 Å². The molecule has 0 fully saturated rings. The molecule has 0 amide bonds. The predicted octanol–water partition coefficient (Wildman–Crippen LogP) is 4.48. The highest BCUT2D eigenvalue weighted by molar-refractivity contribution is 7.90. The Balaban J connectivity index is 1.66. The summed E-state index contributed by atoms with van der Waals surface area (Å²) in [7, 11) is -2.19. The summed E-state index contributed by atoms with van der Waals surface area (Å²) in [5.74, 6) is 0.995. The van der Waals surface area contributed by atoms with E-state index in [1.54, 1.807) is 4.52 Å². The van der Waals surface area contributed by atoms with E-state index in [0.29, 0.717) is 23.8 Å². The minimum Gasteiger partial charge on any atom is -0.480 e. The van der Waals surface area contributed by atoms with E-state index in [9.17, 15) is 8.42 Å². The molecule has 0 unspecified atom stereocenters. The van der Waals surface area contributed by atoms with Gasteiger partial charge in [-0.1, -0.05) is 60.7 Å². The molecule has 0 saturated heterocycles. The molecule has 1 N–H and O–H groups in total. The summed E-state index contributed by atoms with van der Waals surface area (Å²) in [5.41, 5.74) is 4.41. The van der Waals surface area contributed by atoms with Gasteiger partial charge in [0, 0.05) is 36.3 Å². The topological polar surface area (TPSA) is 98.5 Å². The maximum absolute atomic E-state index is 12.3. The number of methoxy groups -OCH3 is 1. The van der Waals surface area contributed by atoms with Crippen LogP contribution in [0, 0.1) is 0 Å². The Morgan fingerprint density at radius 1 is 0.971 bits per heavy atom.